The van der Waals surface area contributed by atoms with Gasteiger partial charge >= 0.3 is 11.8 Å². The van der Waals surface area contributed by atoms with E-state index in [1.807, 2.05) is 14.0 Å². The molecule has 0 radical (unpaired) electrons. The molecule has 0 spiro atoms. The molecule has 5 rings (SSSR count). The highest BCUT2D eigenvalue weighted by Crippen LogP contribution is 2.28. The van der Waals surface area contributed by atoms with Gasteiger partial charge in [-0.1, -0.05) is 29.3 Å². The largest absolute Gasteiger partial charge is 0.412 e. The van der Waals surface area contributed by atoms with Crippen LogP contribution in [-0.2, 0) is 37.5 Å². The van der Waals surface area contributed by atoms with Gasteiger partial charge < -0.3 is 31.2 Å². The van der Waals surface area contributed by atoms with Crippen molar-refractivity contribution >= 4 is 62.5 Å². The van der Waals surface area contributed by atoms with Gasteiger partial charge in [0.1, 0.15) is 5.82 Å². The number of hydrogen-bond donors (Lipinski definition) is 4. The van der Waals surface area contributed by atoms with Gasteiger partial charge in [0.15, 0.2) is 5.01 Å². The van der Waals surface area contributed by atoms with E-state index >= 15 is 0 Å². The quantitative estimate of drug-likeness (QED) is 0.212. The van der Waals surface area contributed by atoms with Crippen LogP contribution in [0.15, 0.2) is 47.5 Å². The molecule has 49 heavy (non-hydrogen) atoms. The Morgan fingerprint density at radius 1 is 1.02 bits per heavy atom. The third-order valence-electron chi connectivity index (χ3n) is 7.88. The molecular weight excluding hydrogens is 698 g/mol. The zero-order valence-corrected chi connectivity index (χ0v) is 29.8. The summed E-state index contributed by atoms with van der Waals surface area (Å²) in [4.78, 5) is 64.2. The second-order valence-corrected chi connectivity index (χ2v) is 14.8. The topological polar surface area (TPSA) is 222 Å². The van der Waals surface area contributed by atoms with E-state index in [1.54, 1.807) is 32.3 Å². The van der Waals surface area contributed by atoms with Gasteiger partial charge in [-0.2, -0.15) is 8.42 Å². The van der Waals surface area contributed by atoms with Crippen molar-refractivity contribution < 1.29 is 37.6 Å². The molecule has 1 aromatic carbocycles. The van der Waals surface area contributed by atoms with Crippen LogP contribution >= 0.6 is 22.9 Å². The van der Waals surface area contributed by atoms with Crippen LogP contribution in [0, 0.1) is 12.8 Å². The fourth-order valence-electron chi connectivity index (χ4n) is 5.31. The summed E-state index contributed by atoms with van der Waals surface area (Å²) in [6.45, 7) is 3.48. The van der Waals surface area contributed by atoms with E-state index in [-0.39, 0.29) is 33.9 Å². The molecule has 6 N–H and O–H groups in total. The second kappa shape index (κ2) is 17.1. The number of rotatable bonds is 6. The Kier molecular flexibility index (Phi) is 13.8. The lowest BCUT2D eigenvalue weighted by Gasteiger charge is -2.37. The first-order valence-electron chi connectivity index (χ1n) is 15.1. The number of nitrogens with zero attached hydrogens (tertiary/aromatic N) is 4. The van der Waals surface area contributed by atoms with Gasteiger partial charge in [-0.25, -0.2) is 9.97 Å². The Hall–Kier alpha value is -4.00. The van der Waals surface area contributed by atoms with E-state index in [2.05, 4.69) is 30.8 Å². The number of hydrogen-bond acceptors (Lipinski definition) is 10. The van der Waals surface area contributed by atoms with Crippen molar-refractivity contribution in [3.63, 3.8) is 0 Å². The van der Waals surface area contributed by atoms with Gasteiger partial charge in [-0.05, 0) is 57.5 Å². The van der Waals surface area contributed by atoms with E-state index < -0.39 is 34.0 Å². The van der Waals surface area contributed by atoms with Gasteiger partial charge in [0.2, 0.25) is 5.91 Å². The normalized spacial score (nSPS) is 18.8. The van der Waals surface area contributed by atoms with Gasteiger partial charge in [-0.15, -0.1) is 11.3 Å². The molecule has 1 aliphatic heterocycles. The summed E-state index contributed by atoms with van der Waals surface area (Å²) in [5.74, 6) is -2.25. The third-order valence-corrected chi connectivity index (χ3v) is 10.1. The van der Waals surface area contributed by atoms with Gasteiger partial charge in [0.05, 0.1) is 21.7 Å². The van der Waals surface area contributed by atoms with Crippen LogP contribution in [0.4, 0.5) is 5.82 Å². The van der Waals surface area contributed by atoms with E-state index in [4.69, 9.17) is 16.2 Å². The van der Waals surface area contributed by atoms with Crippen molar-refractivity contribution in [2.75, 3.05) is 33.0 Å². The molecule has 3 atom stereocenters. The average molecular weight is 738 g/mol. The molecule has 18 heteroatoms. The number of nitrogens with one attached hydrogen (secondary N) is 3. The molecule has 3 aromatic rings. The zero-order chi connectivity index (χ0) is 35.2. The molecule has 0 bridgehead atoms. The number of benzene rings is 1. The summed E-state index contributed by atoms with van der Waals surface area (Å²) in [6.07, 6.45) is 3.42. The number of thiazole rings is 1. The molecule has 3 heterocycles. The molecule has 0 saturated heterocycles. The summed E-state index contributed by atoms with van der Waals surface area (Å²) in [5, 5.41) is 8.91. The van der Waals surface area contributed by atoms with Crippen molar-refractivity contribution in [2.24, 2.45) is 5.92 Å². The maximum atomic E-state index is 13.2. The van der Waals surface area contributed by atoms with E-state index in [1.165, 1.54) is 40.6 Å². The Balaban J connectivity index is 0.000000462. The Bertz CT molecular complexity index is 1750. The lowest BCUT2D eigenvalue weighted by molar-refractivity contribution is -0.137. The number of halogens is 1. The summed E-state index contributed by atoms with van der Waals surface area (Å²) >= 11 is 7.17. The number of fused-ring (bicyclic) bond motifs is 1. The van der Waals surface area contributed by atoms with Crippen LogP contribution in [0.2, 0.25) is 5.02 Å². The fourth-order valence-corrected chi connectivity index (χ4v) is 6.99. The van der Waals surface area contributed by atoms with Crippen molar-refractivity contribution in [3.05, 3.63) is 68.8 Å². The van der Waals surface area contributed by atoms with Crippen LogP contribution in [0.3, 0.4) is 0 Å². The maximum absolute atomic E-state index is 13.2. The van der Waals surface area contributed by atoms with Crippen LogP contribution in [0.5, 0.6) is 0 Å². The molecule has 15 nitrogen and oxygen atoms in total. The first-order valence-corrected chi connectivity index (χ1v) is 17.7. The SMILES string of the molecule is CN1CCc2nc(C(=O)N[C@H]3C[C@H](C(=O)N(C)C)CC[C@@H]3NC(=O)C(=O)Nc3ccc(Cl)cn3)sc2C1.Cc1ccc(S(=O)(=O)O)cc1.O. The number of amides is 4. The van der Waals surface area contributed by atoms with Crippen LogP contribution in [0.25, 0.3) is 0 Å². The standard InChI is InChI=1S/C24H30ClN7O4S.C7H8O3S.H2O/c1-31(2)24(36)13-4-6-15(27-20(33)21(34)30-19-7-5-14(25)11-26-19)17(10-13)28-22(35)23-29-16-8-9-32(3)12-18(16)37-23;1-6-2-4-7(5-3-6)11(8,9)10;/h5,7,11,13,15,17H,4,6,8-10,12H2,1-3H3,(H,27,33)(H,28,35)(H,26,30,34);2-5H,1H3,(H,8,9,10);1H2/t13-,15+,17+;;/m1../s1. The zero-order valence-electron chi connectivity index (χ0n) is 27.4. The van der Waals surface area contributed by atoms with E-state index in [0.29, 0.717) is 29.3 Å². The van der Waals surface area contributed by atoms with Crippen molar-refractivity contribution in [3.8, 4) is 0 Å². The highest BCUT2D eigenvalue weighted by atomic mass is 35.5. The summed E-state index contributed by atoms with van der Waals surface area (Å²) in [7, 11) is 1.39. The lowest BCUT2D eigenvalue weighted by atomic mass is 9.81. The molecule has 0 unspecified atom stereocenters. The summed E-state index contributed by atoms with van der Waals surface area (Å²) < 4.78 is 29.6. The van der Waals surface area contributed by atoms with Crippen molar-refractivity contribution in [1.82, 2.24) is 30.4 Å². The smallest absolute Gasteiger partial charge is 0.314 e. The number of likely N-dealkylation sites (N-methyl/N-ethyl adjacent to an activating group) is 1. The van der Waals surface area contributed by atoms with Crippen molar-refractivity contribution in [1.29, 1.82) is 0 Å². The number of aromatic nitrogens is 2. The number of pyridine rings is 1. The third kappa shape index (κ3) is 11.0. The Morgan fingerprint density at radius 3 is 2.33 bits per heavy atom. The first kappa shape index (κ1) is 39.4. The number of anilines is 1. The lowest BCUT2D eigenvalue weighted by Crippen LogP contribution is -2.57. The molecule has 1 saturated carbocycles. The maximum Gasteiger partial charge on any atom is 0.314 e. The Labute approximate surface area is 293 Å². The molecule has 2 aliphatic rings. The van der Waals surface area contributed by atoms with E-state index in [9.17, 15) is 27.6 Å². The monoisotopic (exact) mass is 737 g/mol. The summed E-state index contributed by atoms with van der Waals surface area (Å²) in [6, 6.07) is 7.93. The minimum atomic E-state index is -4.02. The first-order chi connectivity index (χ1) is 22.6. The predicted molar refractivity (Wildman–Crippen MR) is 184 cm³/mol. The molecule has 2 aromatic heterocycles. The van der Waals surface area contributed by atoms with Crippen LogP contribution in [-0.4, -0.2) is 102 Å². The number of aryl methyl sites for hydroxylation is 1. The minimum Gasteiger partial charge on any atom is -0.412 e. The highest BCUT2D eigenvalue weighted by molar-refractivity contribution is 7.85. The molecule has 266 valence electrons. The second-order valence-electron chi connectivity index (χ2n) is 11.9. The highest BCUT2D eigenvalue weighted by Gasteiger charge is 2.37. The van der Waals surface area contributed by atoms with E-state index in [0.717, 1.165) is 35.6 Å². The fraction of sp³-hybridized carbons (Fsp3) is 0.419. The van der Waals surface area contributed by atoms with Gasteiger partial charge in [-0.3, -0.25) is 23.7 Å². The molecular formula is C31H40ClN7O8S2. The molecule has 1 aliphatic carbocycles. The van der Waals surface area contributed by atoms with Crippen LogP contribution in [0.1, 0.15) is 45.2 Å². The van der Waals surface area contributed by atoms with Crippen LogP contribution < -0.4 is 16.0 Å². The number of carbonyl (C=O) groups is 4. The number of carbonyl (C=O) groups excluding carboxylic acids is 4. The Morgan fingerprint density at radius 2 is 1.71 bits per heavy atom. The van der Waals surface area contributed by atoms with Crippen molar-refractivity contribution in [2.45, 2.75) is 56.1 Å². The minimum absolute atomic E-state index is 0. The summed E-state index contributed by atoms with van der Waals surface area (Å²) in [5.41, 5.74) is 1.90. The predicted octanol–water partition coefficient (Wildman–Crippen LogP) is 1.71. The average Bonchev–Trinajstić information content (AvgIpc) is 3.46. The molecule has 4 amide bonds. The molecule has 1 fully saturated rings. The van der Waals surface area contributed by atoms with Gasteiger partial charge in [0.25, 0.3) is 16.0 Å². The van der Waals surface area contributed by atoms with Gasteiger partial charge in [0, 0.05) is 56.6 Å².